The van der Waals surface area contributed by atoms with Crippen molar-refractivity contribution < 1.29 is 14.3 Å². The van der Waals surface area contributed by atoms with Gasteiger partial charge in [0.1, 0.15) is 0 Å². The topological polar surface area (TPSA) is 46.6 Å². The first-order chi connectivity index (χ1) is 9.65. The van der Waals surface area contributed by atoms with E-state index in [0.29, 0.717) is 12.8 Å². The van der Waals surface area contributed by atoms with Gasteiger partial charge in [-0.3, -0.25) is 4.79 Å². The smallest absolute Gasteiger partial charge is 0.330 e. The summed E-state index contributed by atoms with van der Waals surface area (Å²) in [7, 11) is 3.09. The number of esters is 1. The van der Waals surface area contributed by atoms with Gasteiger partial charge in [-0.05, 0) is 18.6 Å². The number of benzene rings is 1. The molecule has 1 amide bonds. The molecule has 4 heteroatoms. The fourth-order valence-corrected chi connectivity index (χ4v) is 1.55. The van der Waals surface area contributed by atoms with Crippen molar-refractivity contribution in [3.63, 3.8) is 0 Å². The third kappa shape index (κ3) is 5.52. The van der Waals surface area contributed by atoms with E-state index in [9.17, 15) is 9.59 Å². The predicted octanol–water partition coefficient (Wildman–Crippen LogP) is 2.72. The van der Waals surface area contributed by atoms with E-state index in [1.165, 1.54) is 13.2 Å². The van der Waals surface area contributed by atoms with Gasteiger partial charge in [0.05, 0.1) is 7.11 Å². The number of anilines is 1. The van der Waals surface area contributed by atoms with Crippen molar-refractivity contribution in [3.05, 3.63) is 54.6 Å². The van der Waals surface area contributed by atoms with Crippen LogP contribution in [0.2, 0.25) is 0 Å². The molecule has 0 bridgehead atoms. The van der Waals surface area contributed by atoms with Crippen LogP contribution >= 0.6 is 0 Å². The number of rotatable bonds is 6. The molecule has 0 aliphatic carbocycles. The maximum atomic E-state index is 11.9. The average Bonchev–Trinajstić information content (AvgIpc) is 2.50. The second-order valence-electron chi connectivity index (χ2n) is 4.14. The Kier molecular flexibility index (Phi) is 6.82. The zero-order valence-electron chi connectivity index (χ0n) is 11.8. The Bertz CT molecular complexity index is 492. The van der Waals surface area contributed by atoms with Gasteiger partial charge < -0.3 is 9.64 Å². The average molecular weight is 273 g/mol. The van der Waals surface area contributed by atoms with Gasteiger partial charge in [0.25, 0.3) is 0 Å². The lowest BCUT2D eigenvalue weighted by molar-refractivity contribution is -0.134. The van der Waals surface area contributed by atoms with Gasteiger partial charge in [0.15, 0.2) is 0 Å². The number of carbonyl (C=O) groups excluding carboxylic acids is 2. The minimum atomic E-state index is -0.394. The summed E-state index contributed by atoms with van der Waals surface area (Å²) in [6, 6.07) is 9.51. The third-order valence-corrected chi connectivity index (χ3v) is 2.72. The highest BCUT2D eigenvalue weighted by Crippen LogP contribution is 2.12. The summed E-state index contributed by atoms with van der Waals surface area (Å²) >= 11 is 0. The Balaban J connectivity index is 2.35. The van der Waals surface area contributed by atoms with Gasteiger partial charge in [-0.1, -0.05) is 36.4 Å². The molecule has 0 aliphatic rings. The summed E-state index contributed by atoms with van der Waals surface area (Å²) in [6.45, 7) is 0. The monoisotopic (exact) mass is 273 g/mol. The molecule has 0 saturated carbocycles. The van der Waals surface area contributed by atoms with E-state index < -0.39 is 5.97 Å². The fourth-order valence-electron chi connectivity index (χ4n) is 1.55. The van der Waals surface area contributed by atoms with Crippen LogP contribution in [0.4, 0.5) is 5.69 Å². The van der Waals surface area contributed by atoms with Crippen LogP contribution in [-0.2, 0) is 14.3 Å². The van der Waals surface area contributed by atoms with E-state index in [1.54, 1.807) is 24.1 Å². The van der Waals surface area contributed by atoms with Crippen LogP contribution in [0.1, 0.15) is 12.8 Å². The fraction of sp³-hybridized carbons (Fsp3) is 0.250. The van der Waals surface area contributed by atoms with Crippen molar-refractivity contribution in [2.75, 3.05) is 19.1 Å². The first-order valence-corrected chi connectivity index (χ1v) is 6.38. The van der Waals surface area contributed by atoms with Gasteiger partial charge in [0, 0.05) is 25.2 Å². The van der Waals surface area contributed by atoms with Crippen LogP contribution in [0, 0.1) is 0 Å². The number of methoxy groups -OCH3 is 1. The SMILES string of the molecule is COC(=O)/C=C/C=CCCC(=O)N(C)c1ccccc1. The van der Waals surface area contributed by atoms with Crippen LogP contribution < -0.4 is 4.90 Å². The number of hydrogen-bond acceptors (Lipinski definition) is 3. The van der Waals surface area contributed by atoms with E-state index >= 15 is 0 Å². The van der Waals surface area contributed by atoms with Gasteiger partial charge in [-0.25, -0.2) is 4.79 Å². The lowest BCUT2D eigenvalue weighted by Crippen LogP contribution is -2.25. The second kappa shape index (κ2) is 8.69. The largest absolute Gasteiger partial charge is 0.466 e. The Morgan fingerprint density at radius 3 is 2.55 bits per heavy atom. The molecule has 1 aromatic rings. The molecular weight excluding hydrogens is 254 g/mol. The molecule has 20 heavy (non-hydrogen) atoms. The van der Waals surface area contributed by atoms with Gasteiger partial charge in [-0.2, -0.15) is 0 Å². The molecule has 1 aromatic carbocycles. The van der Waals surface area contributed by atoms with E-state index in [-0.39, 0.29) is 5.91 Å². The number of nitrogens with zero attached hydrogens (tertiary/aromatic N) is 1. The van der Waals surface area contributed by atoms with Crippen LogP contribution in [-0.4, -0.2) is 26.0 Å². The Hall–Kier alpha value is -2.36. The van der Waals surface area contributed by atoms with E-state index in [1.807, 2.05) is 36.4 Å². The lowest BCUT2D eigenvalue weighted by Gasteiger charge is -2.16. The molecule has 0 unspecified atom stereocenters. The number of carbonyl (C=O) groups is 2. The molecule has 0 spiro atoms. The highest BCUT2D eigenvalue weighted by atomic mass is 16.5. The highest BCUT2D eigenvalue weighted by Gasteiger charge is 2.08. The summed E-state index contributed by atoms with van der Waals surface area (Å²) in [5, 5.41) is 0. The summed E-state index contributed by atoms with van der Waals surface area (Å²) in [6.07, 6.45) is 7.55. The minimum absolute atomic E-state index is 0.0535. The highest BCUT2D eigenvalue weighted by molar-refractivity contribution is 5.92. The number of ether oxygens (including phenoxy) is 1. The molecule has 0 heterocycles. The zero-order chi connectivity index (χ0) is 14.8. The number of para-hydroxylation sites is 1. The van der Waals surface area contributed by atoms with Crippen molar-refractivity contribution in [2.24, 2.45) is 0 Å². The van der Waals surface area contributed by atoms with Crippen LogP contribution in [0.25, 0.3) is 0 Å². The summed E-state index contributed by atoms with van der Waals surface area (Å²) in [4.78, 5) is 24.4. The third-order valence-electron chi connectivity index (χ3n) is 2.72. The molecule has 0 atom stereocenters. The maximum absolute atomic E-state index is 11.9. The maximum Gasteiger partial charge on any atom is 0.330 e. The van der Waals surface area contributed by atoms with Crippen LogP contribution in [0.5, 0.6) is 0 Å². The molecule has 0 aliphatic heterocycles. The van der Waals surface area contributed by atoms with Crippen molar-refractivity contribution in [1.29, 1.82) is 0 Å². The minimum Gasteiger partial charge on any atom is -0.466 e. The van der Waals surface area contributed by atoms with E-state index in [2.05, 4.69) is 4.74 Å². The van der Waals surface area contributed by atoms with Crippen molar-refractivity contribution in [2.45, 2.75) is 12.8 Å². The molecule has 0 aromatic heterocycles. The predicted molar refractivity (Wildman–Crippen MR) is 79.4 cm³/mol. The quantitative estimate of drug-likeness (QED) is 0.455. The zero-order valence-corrected chi connectivity index (χ0v) is 11.8. The summed E-state index contributed by atoms with van der Waals surface area (Å²) < 4.78 is 4.46. The number of hydrogen-bond donors (Lipinski definition) is 0. The van der Waals surface area contributed by atoms with Gasteiger partial charge in [-0.15, -0.1) is 0 Å². The molecule has 0 N–H and O–H groups in total. The molecule has 0 fully saturated rings. The summed E-state index contributed by atoms with van der Waals surface area (Å²) in [5.41, 5.74) is 0.882. The van der Waals surface area contributed by atoms with Crippen LogP contribution in [0.3, 0.4) is 0 Å². The van der Waals surface area contributed by atoms with Crippen molar-refractivity contribution in [1.82, 2.24) is 0 Å². The second-order valence-corrected chi connectivity index (χ2v) is 4.14. The number of amides is 1. The lowest BCUT2D eigenvalue weighted by atomic mass is 10.2. The molecule has 0 radical (unpaired) electrons. The molecule has 106 valence electrons. The number of allylic oxidation sites excluding steroid dienone is 3. The molecule has 0 saturated heterocycles. The van der Waals surface area contributed by atoms with Crippen molar-refractivity contribution >= 4 is 17.6 Å². The standard InChI is InChI=1S/C16H19NO3/c1-17(14-10-6-5-7-11-14)15(18)12-8-3-4-9-13-16(19)20-2/h3-7,9-11,13H,8,12H2,1-2H3/b4-3?,13-9+. The van der Waals surface area contributed by atoms with Crippen molar-refractivity contribution in [3.8, 4) is 0 Å². The first kappa shape index (κ1) is 15.7. The Morgan fingerprint density at radius 2 is 1.90 bits per heavy atom. The van der Waals surface area contributed by atoms with E-state index in [0.717, 1.165) is 5.69 Å². The normalized spacial score (nSPS) is 10.9. The van der Waals surface area contributed by atoms with Crippen LogP contribution in [0.15, 0.2) is 54.6 Å². The molecule has 1 rings (SSSR count). The first-order valence-electron chi connectivity index (χ1n) is 6.38. The van der Waals surface area contributed by atoms with Gasteiger partial charge >= 0.3 is 5.97 Å². The van der Waals surface area contributed by atoms with Gasteiger partial charge in [0.2, 0.25) is 5.91 Å². The Morgan fingerprint density at radius 1 is 1.20 bits per heavy atom. The molecule has 4 nitrogen and oxygen atoms in total. The summed E-state index contributed by atoms with van der Waals surface area (Å²) in [5.74, 6) is -0.340. The Labute approximate surface area is 119 Å². The molecular formula is C16H19NO3. The van der Waals surface area contributed by atoms with E-state index in [4.69, 9.17) is 0 Å².